The quantitative estimate of drug-likeness (QED) is 0.665. The maximum Gasteiger partial charge on any atom is 0.257 e. The van der Waals surface area contributed by atoms with Crippen LogP contribution >= 0.6 is 0 Å². The maximum absolute atomic E-state index is 12.9. The van der Waals surface area contributed by atoms with Crippen LogP contribution in [0.5, 0.6) is 0 Å². The van der Waals surface area contributed by atoms with Gasteiger partial charge in [-0.15, -0.1) is 0 Å². The highest BCUT2D eigenvalue weighted by Crippen LogP contribution is 2.31. The molecule has 0 aliphatic carbocycles. The smallest absolute Gasteiger partial charge is 0.257 e. The van der Waals surface area contributed by atoms with Gasteiger partial charge >= 0.3 is 0 Å². The molecule has 2 amide bonds. The van der Waals surface area contributed by atoms with Gasteiger partial charge in [-0.1, -0.05) is 0 Å². The Labute approximate surface area is 126 Å². The fourth-order valence-corrected chi connectivity index (χ4v) is 3.30. The molecular formula is C14H16N6O2. The molecule has 0 radical (unpaired) electrons. The number of nitrogens with zero attached hydrogens (tertiary/aromatic N) is 3. The summed E-state index contributed by atoms with van der Waals surface area (Å²) in [6, 6.07) is 1.76. The Hall–Kier alpha value is -2.48. The molecule has 0 atom stereocenters. The number of fused-ring (bicyclic) bond motifs is 1. The zero-order chi connectivity index (χ0) is 15.2. The number of rotatable bonds is 1. The summed E-state index contributed by atoms with van der Waals surface area (Å²) in [5, 5.41) is 13.5. The Morgan fingerprint density at radius 1 is 1.27 bits per heavy atom. The van der Waals surface area contributed by atoms with Crippen molar-refractivity contribution in [1.82, 2.24) is 30.7 Å². The summed E-state index contributed by atoms with van der Waals surface area (Å²) in [5.74, 6) is -0.226. The van der Waals surface area contributed by atoms with Gasteiger partial charge in [0.1, 0.15) is 5.54 Å². The molecule has 2 aliphatic heterocycles. The van der Waals surface area contributed by atoms with Crippen molar-refractivity contribution in [2.45, 2.75) is 18.4 Å². The van der Waals surface area contributed by atoms with Gasteiger partial charge in [0.2, 0.25) is 5.91 Å². The van der Waals surface area contributed by atoms with Crippen LogP contribution in [0.3, 0.4) is 0 Å². The molecule has 4 rings (SSSR count). The molecule has 8 heteroatoms. The van der Waals surface area contributed by atoms with Crippen LogP contribution in [0, 0.1) is 0 Å². The predicted molar refractivity (Wildman–Crippen MR) is 77.9 cm³/mol. The molecule has 4 heterocycles. The van der Waals surface area contributed by atoms with Gasteiger partial charge in [0, 0.05) is 11.6 Å². The number of carbonyl (C=O) groups is 2. The number of piperidine rings is 1. The number of H-pyrrole nitrogens is 1. The SMILES string of the molecule is O=C(c1cnc2[nH]ncc2c1)N1CNC(=O)C12CCNCC2. The van der Waals surface area contributed by atoms with Crippen LogP contribution in [0.25, 0.3) is 11.0 Å². The van der Waals surface area contributed by atoms with Gasteiger partial charge in [-0.2, -0.15) is 5.10 Å². The second-order valence-electron chi connectivity index (χ2n) is 5.71. The predicted octanol–water partition coefficient (Wildman–Crippen LogP) is -0.390. The van der Waals surface area contributed by atoms with E-state index in [1.54, 1.807) is 17.2 Å². The van der Waals surface area contributed by atoms with Crippen LogP contribution in [0.1, 0.15) is 23.2 Å². The number of aromatic amines is 1. The second kappa shape index (κ2) is 4.77. The van der Waals surface area contributed by atoms with E-state index in [-0.39, 0.29) is 18.5 Å². The molecule has 3 N–H and O–H groups in total. The lowest BCUT2D eigenvalue weighted by atomic mass is 9.86. The van der Waals surface area contributed by atoms with Gasteiger partial charge in [-0.05, 0) is 32.0 Å². The number of aromatic nitrogens is 3. The lowest BCUT2D eigenvalue weighted by Crippen LogP contribution is -2.57. The molecular weight excluding hydrogens is 284 g/mol. The van der Waals surface area contributed by atoms with Crippen LogP contribution in [0.15, 0.2) is 18.5 Å². The van der Waals surface area contributed by atoms with Crippen molar-refractivity contribution in [2.75, 3.05) is 19.8 Å². The number of amides is 2. The minimum absolute atomic E-state index is 0.0558. The molecule has 1 spiro atoms. The van der Waals surface area contributed by atoms with Gasteiger partial charge in [-0.25, -0.2) is 4.98 Å². The number of carbonyl (C=O) groups excluding carboxylic acids is 2. The van der Waals surface area contributed by atoms with Crippen molar-refractivity contribution >= 4 is 22.8 Å². The summed E-state index contributed by atoms with van der Waals surface area (Å²) in [6.07, 6.45) is 4.42. The molecule has 0 aromatic carbocycles. The highest BCUT2D eigenvalue weighted by molar-refractivity contribution is 6.02. The zero-order valence-electron chi connectivity index (χ0n) is 11.9. The first kappa shape index (κ1) is 13.2. The van der Waals surface area contributed by atoms with E-state index in [1.807, 2.05) is 0 Å². The van der Waals surface area contributed by atoms with Crippen molar-refractivity contribution < 1.29 is 9.59 Å². The highest BCUT2D eigenvalue weighted by Gasteiger charge is 2.51. The van der Waals surface area contributed by atoms with E-state index >= 15 is 0 Å². The van der Waals surface area contributed by atoms with E-state index in [1.165, 1.54) is 6.20 Å². The Kier molecular flexibility index (Phi) is 2.86. The third-order valence-corrected chi connectivity index (χ3v) is 4.55. The number of hydrogen-bond acceptors (Lipinski definition) is 5. The van der Waals surface area contributed by atoms with Crippen LogP contribution in [0.2, 0.25) is 0 Å². The van der Waals surface area contributed by atoms with Gasteiger partial charge < -0.3 is 15.5 Å². The molecule has 22 heavy (non-hydrogen) atoms. The molecule has 2 saturated heterocycles. The average Bonchev–Trinajstić information content (AvgIpc) is 3.13. The van der Waals surface area contributed by atoms with Crippen molar-refractivity contribution in [3.63, 3.8) is 0 Å². The first-order valence-corrected chi connectivity index (χ1v) is 7.31. The van der Waals surface area contributed by atoms with Gasteiger partial charge in [0.05, 0.1) is 18.4 Å². The normalized spacial score (nSPS) is 20.5. The number of pyridine rings is 1. The van der Waals surface area contributed by atoms with Crippen molar-refractivity contribution in [3.8, 4) is 0 Å². The minimum Gasteiger partial charge on any atom is -0.336 e. The van der Waals surface area contributed by atoms with E-state index in [9.17, 15) is 9.59 Å². The number of hydrogen-bond donors (Lipinski definition) is 3. The van der Waals surface area contributed by atoms with Crippen LogP contribution < -0.4 is 10.6 Å². The summed E-state index contributed by atoms with van der Waals surface area (Å²) in [6.45, 7) is 1.72. The van der Waals surface area contributed by atoms with E-state index in [2.05, 4.69) is 25.8 Å². The Balaban J connectivity index is 1.70. The maximum atomic E-state index is 12.9. The van der Waals surface area contributed by atoms with E-state index in [0.717, 1.165) is 18.5 Å². The molecule has 0 saturated carbocycles. The van der Waals surface area contributed by atoms with Crippen LogP contribution in [-0.4, -0.2) is 57.2 Å². The summed E-state index contributed by atoms with van der Waals surface area (Å²) in [5.41, 5.74) is 0.389. The van der Waals surface area contributed by atoms with Crippen LogP contribution in [0.4, 0.5) is 0 Å². The standard InChI is InChI=1S/C14H16N6O2/c21-12(10-5-9-7-18-19-11(9)16-6-10)20-8-17-13(22)14(20)1-3-15-4-2-14/h5-7,15H,1-4,8H2,(H,17,22)(H,16,18,19). The molecule has 2 aromatic heterocycles. The number of nitrogens with one attached hydrogen (secondary N) is 3. The van der Waals surface area contributed by atoms with E-state index in [0.29, 0.717) is 24.1 Å². The molecule has 114 valence electrons. The zero-order valence-corrected chi connectivity index (χ0v) is 11.9. The fourth-order valence-electron chi connectivity index (χ4n) is 3.30. The molecule has 2 fully saturated rings. The second-order valence-corrected chi connectivity index (χ2v) is 5.71. The van der Waals surface area contributed by atoms with E-state index in [4.69, 9.17) is 0 Å². The molecule has 0 unspecified atom stereocenters. The molecule has 8 nitrogen and oxygen atoms in total. The Morgan fingerprint density at radius 3 is 2.91 bits per heavy atom. The fraction of sp³-hybridized carbons (Fsp3) is 0.429. The monoisotopic (exact) mass is 300 g/mol. The molecule has 2 aliphatic rings. The highest BCUT2D eigenvalue weighted by atomic mass is 16.2. The van der Waals surface area contributed by atoms with Crippen molar-refractivity contribution in [3.05, 3.63) is 24.0 Å². The summed E-state index contributed by atoms with van der Waals surface area (Å²) in [4.78, 5) is 31.0. The van der Waals surface area contributed by atoms with E-state index < -0.39 is 5.54 Å². The first-order valence-electron chi connectivity index (χ1n) is 7.31. The average molecular weight is 300 g/mol. The third-order valence-electron chi connectivity index (χ3n) is 4.55. The summed E-state index contributed by atoms with van der Waals surface area (Å²) >= 11 is 0. The summed E-state index contributed by atoms with van der Waals surface area (Å²) in [7, 11) is 0. The lowest BCUT2D eigenvalue weighted by Gasteiger charge is -2.38. The first-order chi connectivity index (χ1) is 10.7. The largest absolute Gasteiger partial charge is 0.336 e. The van der Waals surface area contributed by atoms with Crippen molar-refractivity contribution in [1.29, 1.82) is 0 Å². The Morgan fingerprint density at radius 2 is 2.09 bits per heavy atom. The lowest BCUT2D eigenvalue weighted by molar-refractivity contribution is -0.127. The third kappa shape index (κ3) is 1.80. The summed E-state index contributed by atoms with van der Waals surface area (Å²) < 4.78 is 0. The van der Waals surface area contributed by atoms with Gasteiger partial charge in [0.15, 0.2) is 5.65 Å². The van der Waals surface area contributed by atoms with Gasteiger partial charge in [0.25, 0.3) is 5.91 Å². The van der Waals surface area contributed by atoms with Gasteiger partial charge in [-0.3, -0.25) is 14.7 Å². The topological polar surface area (TPSA) is 103 Å². The minimum atomic E-state index is -0.728. The Bertz CT molecular complexity index is 749. The molecule has 0 bridgehead atoms. The van der Waals surface area contributed by atoms with Crippen LogP contribution in [-0.2, 0) is 4.79 Å². The molecule has 2 aromatic rings. The van der Waals surface area contributed by atoms with Crippen molar-refractivity contribution in [2.24, 2.45) is 0 Å².